The van der Waals surface area contributed by atoms with Crippen LogP contribution in [0.25, 0.3) is 0 Å². The SMILES string of the molecule is CCNC(CCc1cccs1)C(CC)(CC)OCC. The van der Waals surface area contributed by atoms with Gasteiger partial charge in [-0.25, -0.2) is 0 Å². The second-order valence-corrected chi connectivity index (χ2v) is 5.97. The zero-order valence-corrected chi connectivity index (χ0v) is 13.7. The number of hydrogen-bond donors (Lipinski definition) is 1. The van der Waals surface area contributed by atoms with E-state index >= 15 is 0 Å². The van der Waals surface area contributed by atoms with Gasteiger partial charge in [0.05, 0.1) is 5.60 Å². The number of aryl methyl sites for hydroxylation is 1. The summed E-state index contributed by atoms with van der Waals surface area (Å²) >= 11 is 1.85. The standard InChI is InChI=1S/C16H29NOS/c1-5-16(6-2,18-8-4)15(17-7-3)12-11-14-10-9-13-19-14/h9-10,13,15,17H,5-8,11-12H2,1-4H3. The summed E-state index contributed by atoms with van der Waals surface area (Å²) in [5, 5.41) is 5.81. The Morgan fingerprint density at radius 2 is 2.00 bits per heavy atom. The molecule has 0 fully saturated rings. The van der Waals surface area contributed by atoms with Crippen molar-refractivity contribution in [1.82, 2.24) is 5.32 Å². The molecule has 1 aromatic rings. The second-order valence-electron chi connectivity index (χ2n) is 4.93. The highest BCUT2D eigenvalue weighted by molar-refractivity contribution is 7.09. The summed E-state index contributed by atoms with van der Waals surface area (Å²) in [6, 6.07) is 4.81. The molecule has 110 valence electrons. The molecule has 1 atom stereocenters. The molecule has 1 aromatic heterocycles. The molecule has 0 amide bonds. The lowest BCUT2D eigenvalue weighted by molar-refractivity contribution is -0.0733. The number of rotatable bonds is 10. The van der Waals surface area contributed by atoms with Crippen molar-refractivity contribution in [1.29, 1.82) is 0 Å². The first-order valence-electron chi connectivity index (χ1n) is 7.62. The Hall–Kier alpha value is -0.380. The number of hydrogen-bond acceptors (Lipinski definition) is 3. The molecular weight excluding hydrogens is 254 g/mol. The lowest BCUT2D eigenvalue weighted by atomic mass is 9.85. The maximum absolute atomic E-state index is 6.15. The van der Waals surface area contributed by atoms with E-state index in [1.165, 1.54) is 4.88 Å². The number of thiophene rings is 1. The van der Waals surface area contributed by atoms with Gasteiger partial charge in [0.25, 0.3) is 0 Å². The molecule has 3 heteroatoms. The van der Waals surface area contributed by atoms with E-state index in [1.54, 1.807) is 0 Å². The van der Waals surface area contributed by atoms with Crippen molar-refractivity contribution in [2.75, 3.05) is 13.2 Å². The Labute approximate surface area is 122 Å². The van der Waals surface area contributed by atoms with E-state index in [4.69, 9.17) is 4.74 Å². The summed E-state index contributed by atoms with van der Waals surface area (Å²) in [7, 11) is 0. The van der Waals surface area contributed by atoms with Gasteiger partial charge < -0.3 is 10.1 Å². The average Bonchev–Trinajstić information content (AvgIpc) is 2.94. The van der Waals surface area contributed by atoms with Crippen LogP contribution in [0.3, 0.4) is 0 Å². The number of ether oxygens (including phenoxy) is 1. The van der Waals surface area contributed by atoms with E-state index in [1.807, 2.05) is 11.3 Å². The van der Waals surface area contributed by atoms with Crippen LogP contribution in [-0.4, -0.2) is 24.8 Å². The van der Waals surface area contributed by atoms with Crippen molar-refractivity contribution in [3.05, 3.63) is 22.4 Å². The fraction of sp³-hybridized carbons (Fsp3) is 0.750. The Kier molecular flexibility index (Phi) is 7.66. The third-order valence-electron chi connectivity index (χ3n) is 3.97. The molecule has 0 aliphatic carbocycles. The smallest absolute Gasteiger partial charge is 0.0829 e. The van der Waals surface area contributed by atoms with E-state index in [2.05, 4.69) is 50.5 Å². The normalized spacial score (nSPS) is 13.7. The van der Waals surface area contributed by atoms with Crippen molar-refractivity contribution in [3.63, 3.8) is 0 Å². The summed E-state index contributed by atoms with van der Waals surface area (Å²) in [5.74, 6) is 0. The molecule has 1 unspecified atom stereocenters. The highest BCUT2D eigenvalue weighted by atomic mass is 32.1. The van der Waals surface area contributed by atoms with Crippen molar-refractivity contribution in [2.24, 2.45) is 0 Å². The third kappa shape index (κ3) is 4.59. The fourth-order valence-corrected chi connectivity index (χ4v) is 3.60. The molecule has 0 saturated heterocycles. The summed E-state index contributed by atoms with van der Waals surface area (Å²) in [5.41, 5.74) is -0.0119. The van der Waals surface area contributed by atoms with Crippen LogP contribution in [0.15, 0.2) is 17.5 Å². The molecule has 2 nitrogen and oxygen atoms in total. The minimum atomic E-state index is -0.0119. The summed E-state index contributed by atoms with van der Waals surface area (Å²) in [6.45, 7) is 10.6. The predicted octanol–water partition coefficient (Wildman–Crippen LogP) is 4.25. The largest absolute Gasteiger partial charge is 0.374 e. The van der Waals surface area contributed by atoms with E-state index in [-0.39, 0.29) is 5.60 Å². The third-order valence-corrected chi connectivity index (χ3v) is 4.91. The molecule has 0 aromatic carbocycles. The van der Waals surface area contributed by atoms with Gasteiger partial charge in [0.1, 0.15) is 0 Å². The van der Waals surface area contributed by atoms with Gasteiger partial charge >= 0.3 is 0 Å². The fourth-order valence-electron chi connectivity index (χ4n) is 2.87. The number of nitrogens with one attached hydrogen (secondary N) is 1. The van der Waals surface area contributed by atoms with Crippen LogP contribution in [-0.2, 0) is 11.2 Å². The first-order chi connectivity index (χ1) is 9.22. The molecule has 0 aliphatic heterocycles. The highest BCUT2D eigenvalue weighted by Crippen LogP contribution is 2.28. The minimum Gasteiger partial charge on any atom is -0.374 e. The maximum atomic E-state index is 6.15. The van der Waals surface area contributed by atoms with Crippen LogP contribution < -0.4 is 5.32 Å². The first kappa shape index (κ1) is 16.7. The van der Waals surface area contributed by atoms with E-state index < -0.39 is 0 Å². The topological polar surface area (TPSA) is 21.3 Å². The lowest BCUT2D eigenvalue weighted by Gasteiger charge is -2.40. The molecule has 0 spiro atoms. The van der Waals surface area contributed by atoms with Gasteiger partial charge in [-0.2, -0.15) is 0 Å². The van der Waals surface area contributed by atoms with Crippen molar-refractivity contribution in [3.8, 4) is 0 Å². The van der Waals surface area contributed by atoms with Gasteiger partial charge in [-0.1, -0.05) is 26.8 Å². The molecule has 0 saturated carbocycles. The van der Waals surface area contributed by atoms with Gasteiger partial charge in [0.15, 0.2) is 0 Å². The molecule has 1 N–H and O–H groups in total. The highest BCUT2D eigenvalue weighted by Gasteiger charge is 2.35. The molecule has 1 rings (SSSR count). The summed E-state index contributed by atoms with van der Waals surface area (Å²) in [4.78, 5) is 1.47. The van der Waals surface area contributed by atoms with Crippen LogP contribution in [0.2, 0.25) is 0 Å². The second kappa shape index (κ2) is 8.72. The van der Waals surface area contributed by atoms with Crippen molar-refractivity contribution >= 4 is 11.3 Å². The van der Waals surface area contributed by atoms with Crippen molar-refractivity contribution in [2.45, 2.75) is 65.0 Å². The summed E-state index contributed by atoms with van der Waals surface area (Å²) < 4.78 is 6.15. The zero-order valence-electron chi connectivity index (χ0n) is 12.9. The van der Waals surface area contributed by atoms with Crippen molar-refractivity contribution < 1.29 is 4.74 Å². The number of likely N-dealkylation sites (N-methyl/N-ethyl adjacent to an activating group) is 1. The molecule has 0 bridgehead atoms. The van der Waals surface area contributed by atoms with Gasteiger partial charge in [-0.15, -0.1) is 11.3 Å². The average molecular weight is 283 g/mol. The van der Waals surface area contributed by atoms with Gasteiger partial charge in [0, 0.05) is 17.5 Å². The predicted molar refractivity (Wildman–Crippen MR) is 85.0 cm³/mol. The van der Waals surface area contributed by atoms with Gasteiger partial charge in [-0.3, -0.25) is 0 Å². The summed E-state index contributed by atoms with van der Waals surface area (Å²) in [6.07, 6.45) is 4.43. The lowest BCUT2D eigenvalue weighted by Crippen LogP contribution is -2.52. The molecule has 0 radical (unpaired) electrons. The monoisotopic (exact) mass is 283 g/mol. The Balaban J connectivity index is 2.71. The van der Waals surface area contributed by atoms with Crippen LogP contribution in [0.5, 0.6) is 0 Å². The quantitative estimate of drug-likeness (QED) is 0.693. The Morgan fingerprint density at radius 3 is 2.47 bits per heavy atom. The van der Waals surface area contributed by atoms with Gasteiger partial charge in [-0.05, 0) is 50.6 Å². The Morgan fingerprint density at radius 1 is 1.26 bits per heavy atom. The molecule has 1 heterocycles. The van der Waals surface area contributed by atoms with Crippen LogP contribution in [0.1, 0.15) is 51.8 Å². The molecular formula is C16H29NOS. The van der Waals surface area contributed by atoms with E-state index in [0.717, 1.165) is 38.8 Å². The maximum Gasteiger partial charge on any atom is 0.0829 e. The minimum absolute atomic E-state index is 0.0119. The van der Waals surface area contributed by atoms with E-state index in [9.17, 15) is 0 Å². The first-order valence-corrected chi connectivity index (χ1v) is 8.50. The van der Waals surface area contributed by atoms with Gasteiger partial charge in [0.2, 0.25) is 0 Å². The molecule has 0 aliphatic rings. The van der Waals surface area contributed by atoms with E-state index in [0.29, 0.717) is 6.04 Å². The Bertz CT molecular complexity index is 319. The van der Waals surface area contributed by atoms with Crippen LogP contribution >= 0.6 is 11.3 Å². The molecule has 19 heavy (non-hydrogen) atoms. The zero-order chi connectivity index (χ0) is 14.1. The van der Waals surface area contributed by atoms with Crippen LogP contribution in [0, 0.1) is 0 Å². The van der Waals surface area contributed by atoms with Crippen LogP contribution in [0.4, 0.5) is 0 Å².